The summed E-state index contributed by atoms with van der Waals surface area (Å²) in [5.41, 5.74) is 6.25. The van der Waals surface area contributed by atoms with Gasteiger partial charge in [-0.25, -0.2) is 4.39 Å². The molecule has 0 bridgehead atoms. The molecule has 28 heavy (non-hydrogen) atoms. The lowest BCUT2D eigenvalue weighted by molar-refractivity contribution is -0.140. The van der Waals surface area contributed by atoms with E-state index < -0.39 is 35.5 Å². The number of nitrogens with one attached hydrogen (secondary N) is 2. The predicted molar refractivity (Wildman–Crippen MR) is 107 cm³/mol. The molecule has 0 fully saturated rings. The molecule has 0 heterocycles. The molecule has 4 N–H and O–H groups in total. The summed E-state index contributed by atoms with van der Waals surface area (Å²) in [7, 11) is 1.40. The zero-order valence-electron chi connectivity index (χ0n) is 16.6. The minimum atomic E-state index is -0.960. The van der Waals surface area contributed by atoms with Crippen LogP contribution in [0.25, 0.3) is 0 Å². The molecule has 0 aliphatic heterocycles. The summed E-state index contributed by atoms with van der Waals surface area (Å²) in [5, 5.41) is 4.96. The monoisotopic (exact) mass is 417 g/mol. The highest BCUT2D eigenvalue weighted by molar-refractivity contribution is 6.38. The Hall–Kier alpha value is -2.19. The first kappa shape index (κ1) is 25.8. The highest BCUT2D eigenvalue weighted by atomic mass is 35.5. The molecule has 0 spiro atoms. The predicted octanol–water partition coefficient (Wildman–Crippen LogP) is 1.71. The fraction of sp³-hybridized carbons (Fsp3) is 0.526. The molecule has 1 aromatic rings. The number of carbonyl (C=O) groups is 3. The number of methoxy groups -OCH3 is 1. The van der Waals surface area contributed by atoms with Crippen LogP contribution >= 0.6 is 12.4 Å². The van der Waals surface area contributed by atoms with E-state index in [1.807, 2.05) is 13.8 Å². The van der Waals surface area contributed by atoms with E-state index in [2.05, 4.69) is 10.6 Å². The quantitative estimate of drug-likeness (QED) is 0.502. The maximum absolute atomic E-state index is 13.5. The molecule has 0 saturated heterocycles. The molecule has 0 saturated carbocycles. The van der Waals surface area contributed by atoms with E-state index in [1.54, 1.807) is 13.0 Å². The Morgan fingerprint density at radius 2 is 1.86 bits per heavy atom. The maximum atomic E-state index is 13.5. The zero-order chi connectivity index (χ0) is 20.6. The average Bonchev–Trinajstić information content (AvgIpc) is 2.62. The summed E-state index contributed by atoms with van der Waals surface area (Å²) in [4.78, 5) is 36.5. The number of hydrogen-bond donors (Lipinski definition) is 3. The highest BCUT2D eigenvalue weighted by Gasteiger charge is 2.27. The van der Waals surface area contributed by atoms with Crippen LogP contribution in [0.15, 0.2) is 18.2 Å². The van der Waals surface area contributed by atoms with Crippen molar-refractivity contribution in [3.05, 3.63) is 29.6 Å². The molecule has 9 heteroatoms. The van der Waals surface area contributed by atoms with Gasteiger partial charge < -0.3 is 21.1 Å². The Kier molecular flexibility index (Phi) is 11.3. The first-order valence-corrected chi connectivity index (χ1v) is 8.89. The number of amides is 2. The second-order valence-corrected chi connectivity index (χ2v) is 6.75. The smallest absolute Gasteiger partial charge is 0.289 e. The SMILES string of the molecule is CCC(NC(=O)[C@@H](N)CC(C)C)C(=O)C(=O)NCc1cc(F)cc(OC)c1.Cl. The summed E-state index contributed by atoms with van der Waals surface area (Å²) < 4.78 is 18.4. The van der Waals surface area contributed by atoms with E-state index >= 15 is 0 Å². The molecule has 7 nitrogen and oxygen atoms in total. The Morgan fingerprint density at radius 1 is 1.21 bits per heavy atom. The molecule has 1 unspecified atom stereocenters. The first-order valence-electron chi connectivity index (χ1n) is 8.89. The van der Waals surface area contributed by atoms with Gasteiger partial charge in [0.1, 0.15) is 11.6 Å². The second kappa shape index (κ2) is 12.3. The van der Waals surface area contributed by atoms with Gasteiger partial charge in [-0.1, -0.05) is 20.8 Å². The van der Waals surface area contributed by atoms with E-state index in [0.29, 0.717) is 17.7 Å². The van der Waals surface area contributed by atoms with E-state index in [9.17, 15) is 18.8 Å². The van der Waals surface area contributed by atoms with Gasteiger partial charge in [0.05, 0.1) is 19.2 Å². The highest BCUT2D eigenvalue weighted by Crippen LogP contribution is 2.15. The van der Waals surface area contributed by atoms with Crippen LogP contribution in [-0.4, -0.2) is 36.8 Å². The Balaban J connectivity index is 0.00000729. The molecular formula is C19H29ClFN3O4. The third-order valence-corrected chi connectivity index (χ3v) is 3.95. The minimum absolute atomic E-state index is 0. The van der Waals surface area contributed by atoms with E-state index in [4.69, 9.17) is 10.5 Å². The summed E-state index contributed by atoms with van der Waals surface area (Å²) >= 11 is 0. The number of hydrogen-bond acceptors (Lipinski definition) is 5. The topological polar surface area (TPSA) is 111 Å². The maximum Gasteiger partial charge on any atom is 0.289 e. The van der Waals surface area contributed by atoms with Gasteiger partial charge in [0.15, 0.2) is 0 Å². The molecule has 0 aliphatic carbocycles. The lowest BCUT2D eigenvalue weighted by Gasteiger charge is -2.19. The van der Waals surface area contributed by atoms with Crippen molar-refractivity contribution >= 4 is 30.0 Å². The van der Waals surface area contributed by atoms with Crippen LogP contribution in [0.2, 0.25) is 0 Å². The zero-order valence-corrected chi connectivity index (χ0v) is 17.4. The van der Waals surface area contributed by atoms with Crippen molar-refractivity contribution in [2.45, 2.75) is 52.2 Å². The summed E-state index contributed by atoms with van der Waals surface area (Å²) in [6, 6.07) is 2.29. The molecule has 0 aromatic heterocycles. The molecule has 158 valence electrons. The van der Waals surface area contributed by atoms with E-state index in [-0.39, 0.29) is 31.3 Å². The molecule has 1 aromatic carbocycles. The Labute approximate surface area is 171 Å². The molecule has 1 rings (SSSR count). The number of halogens is 2. The van der Waals surface area contributed by atoms with Crippen LogP contribution in [-0.2, 0) is 20.9 Å². The number of Topliss-reactive ketones (excluding diaryl/α,β-unsaturated/α-hetero) is 1. The Morgan fingerprint density at radius 3 is 2.39 bits per heavy atom. The fourth-order valence-corrected chi connectivity index (χ4v) is 2.52. The summed E-state index contributed by atoms with van der Waals surface area (Å²) in [6.45, 7) is 5.51. The lowest BCUT2D eigenvalue weighted by Crippen LogP contribution is -2.51. The average molecular weight is 418 g/mol. The normalized spacial score (nSPS) is 12.5. The van der Waals surface area contributed by atoms with Gasteiger partial charge in [-0.3, -0.25) is 14.4 Å². The summed E-state index contributed by atoms with van der Waals surface area (Å²) in [6.07, 6.45) is 0.726. The number of rotatable bonds is 10. The summed E-state index contributed by atoms with van der Waals surface area (Å²) in [5.74, 6) is -2.07. The first-order chi connectivity index (χ1) is 12.7. The van der Waals surface area contributed by atoms with E-state index in [1.165, 1.54) is 19.2 Å². The van der Waals surface area contributed by atoms with Gasteiger partial charge in [-0.2, -0.15) is 0 Å². The standard InChI is InChI=1S/C19H28FN3O4.ClH/c1-5-16(23-18(25)15(21)6-11(2)3)17(24)19(26)22-10-12-7-13(20)9-14(8-12)27-4;/h7-9,11,15-16H,5-6,10,21H2,1-4H3,(H,22,26)(H,23,25);1H/t15-,16?;/m0./s1. The number of carbonyl (C=O) groups excluding carboxylic acids is 3. The van der Waals surface area contributed by atoms with Crippen molar-refractivity contribution in [1.29, 1.82) is 0 Å². The van der Waals surface area contributed by atoms with Gasteiger partial charge >= 0.3 is 0 Å². The van der Waals surface area contributed by atoms with Crippen LogP contribution in [0.4, 0.5) is 4.39 Å². The molecule has 0 radical (unpaired) electrons. The second-order valence-electron chi connectivity index (χ2n) is 6.75. The van der Waals surface area contributed by atoms with Gasteiger partial charge in [-0.05, 0) is 36.5 Å². The van der Waals surface area contributed by atoms with Crippen LogP contribution in [0, 0.1) is 11.7 Å². The largest absolute Gasteiger partial charge is 0.497 e. The number of ketones is 1. The van der Waals surface area contributed by atoms with Crippen molar-refractivity contribution < 1.29 is 23.5 Å². The Bertz CT molecular complexity index is 685. The number of benzene rings is 1. The molecular weight excluding hydrogens is 389 g/mol. The number of nitrogens with two attached hydrogens (primary N) is 1. The number of ether oxygens (including phenoxy) is 1. The molecule has 2 amide bonds. The van der Waals surface area contributed by atoms with Crippen LogP contribution in [0.5, 0.6) is 5.75 Å². The van der Waals surface area contributed by atoms with Crippen molar-refractivity contribution in [2.75, 3.05) is 7.11 Å². The minimum Gasteiger partial charge on any atom is -0.497 e. The van der Waals surface area contributed by atoms with Gasteiger partial charge in [0, 0.05) is 12.6 Å². The third kappa shape index (κ3) is 8.22. The van der Waals surface area contributed by atoms with Crippen molar-refractivity contribution in [2.24, 2.45) is 11.7 Å². The molecule has 0 aliphatic rings. The van der Waals surface area contributed by atoms with Gasteiger partial charge in [-0.15, -0.1) is 12.4 Å². The van der Waals surface area contributed by atoms with Crippen molar-refractivity contribution in [3.8, 4) is 5.75 Å². The third-order valence-electron chi connectivity index (χ3n) is 3.95. The molecule has 2 atom stereocenters. The van der Waals surface area contributed by atoms with Crippen LogP contribution in [0.1, 0.15) is 39.2 Å². The van der Waals surface area contributed by atoms with E-state index in [0.717, 1.165) is 0 Å². The fourth-order valence-electron chi connectivity index (χ4n) is 2.52. The lowest BCUT2D eigenvalue weighted by atomic mass is 10.0. The van der Waals surface area contributed by atoms with Crippen LogP contribution in [0.3, 0.4) is 0 Å². The van der Waals surface area contributed by atoms with Gasteiger partial charge in [0.25, 0.3) is 5.91 Å². The van der Waals surface area contributed by atoms with Gasteiger partial charge in [0.2, 0.25) is 11.7 Å². The van der Waals surface area contributed by atoms with Crippen molar-refractivity contribution in [1.82, 2.24) is 10.6 Å². The van der Waals surface area contributed by atoms with Crippen molar-refractivity contribution in [3.63, 3.8) is 0 Å². The van der Waals surface area contributed by atoms with Crippen LogP contribution < -0.4 is 21.1 Å².